The largest absolute Gasteiger partial charge is 0.461 e. The summed E-state index contributed by atoms with van der Waals surface area (Å²) in [5.74, 6) is -0.359. The number of esters is 1. The normalized spacial score (nSPS) is 10.5. The first-order valence-corrected chi connectivity index (χ1v) is 7.71. The lowest BCUT2D eigenvalue weighted by Gasteiger charge is -2.07. The number of hydrogen-bond acceptors (Lipinski definition) is 6. The SMILES string of the molecule is C=CC(=O)OCCN(C)C.O=S(=O)(O)OCc1ccccc1. The Hall–Kier alpha value is -1.74. The third-order valence-electron chi connectivity index (χ3n) is 2.17. The molecule has 0 heterocycles. The first-order chi connectivity index (χ1) is 10.2. The lowest BCUT2D eigenvalue weighted by molar-refractivity contribution is -0.137. The van der Waals surface area contributed by atoms with E-state index in [0.717, 1.165) is 12.6 Å². The molecule has 124 valence electrons. The second-order valence-corrected chi connectivity index (χ2v) is 5.44. The van der Waals surface area contributed by atoms with E-state index in [1.165, 1.54) is 0 Å². The van der Waals surface area contributed by atoms with Crippen molar-refractivity contribution in [3.05, 3.63) is 48.6 Å². The van der Waals surface area contributed by atoms with Crippen molar-refractivity contribution in [2.24, 2.45) is 0 Å². The topological polar surface area (TPSA) is 93.1 Å². The summed E-state index contributed by atoms with van der Waals surface area (Å²) in [6, 6.07) is 8.71. The maximum atomic E-state index is 10.4. The van der Waals surface area contributed by atoms with Crippen LogP contribution in [0.1, 0.15) is 5.56 Å². The molecule has 7 nitrogen and oxygen atoms in total. The van der Waals surface area contributed by atoms with Crippen LogP contribution in [0.25, 0.3) is 0 Å². The average molecular weight is 331 g/mol. The highest BCUT2D eigenvalue weighted by atomic mass is 32.3. The molecular weight excluding hydrogens is 310 g/mol. The van der Waals surface area contributed by atoms with E-state index in [9.17, 15) is 13.2 Å². The van der Waals surface area contributed by atoms with E-state index >= 15 is 0 Å². The highest BCUT2D eigenvalue weighted by Crippen LogP contribution is 2.02. The summed E-state index contributed by atoms with van der Waals surface area (Å²) in [6.07, 6.45) is 1.16. The zero-order chi connectivity index (χ0) is 17.0. The molecule has 0 amide bonds. The maximum absolute atomic E-state index is 10.4. The number of likely N-dealkylation sites (N-methyl/N-ethyl adjacent to an activating group) is 1. The number of nitrogens with zero attached hydrogens (tertiary/aromatic N) is 1. The molecule has 1 aromatic rings. The molecule has 1 aromatic carbocycles. The summed E-state index contributed by atoms with van der Waals surface area (Å²) >= 11 is 0. The van der Waals surface area contributed by atoms with Crippen LogP contribution in [-0.4, -0.2) is 51.1 Å². The highest BCUT2D eigenvalue weighted by molar-refractivity contribution is 7.80. The van der Waals surface area contributed by atoms with E-state index in [1.54, 1.807) is 30.3 Å². The van der Waals surface area contributed by atoms with Crippen LogP contribution in [0.4, 0.5) is 0 Å². The van der Waals surface area contributed by atoms with Gasteiger partial charge in [-0.15, -0.1) is 0 Å². The van der Waals surface area contributed by atoms with Gasteiger partial charge in [-0.2, -0.15) is 8.42 Å². The van der Waals surface area contributed by atoms with Crippen molar-refractivity contribution in [3.8, 4) is 0 Å². The number of benzene rings is 1. The van der Waals surface area contributed by atoms with Gasteiger partial charge in [0.1, 0.15) is 6.61 Å². The first-order valence-electron chi connectivity index (χ1n) is 6.34. The smallest absolute Gasteiger partial charge is 0.397 e. The van der Waals surface area contributed by atoms with Crippen LogP contribution in [-0.2, 0) is 30.7 Å². The van der Waals surface area contributed by atoms with Gasteiger partial charge in [-0.1, -0.05) is 36.9 Å². The number of carbonyl (C=O) groups is 1. The van der Waals surface area contributed by atoms with Crippen molar-refractivity contribution in [2.75, 3.05) is 27.2 Å². The zero-order valence-electron chi connectivity index (χ0n) is 12.6. The Kier molecular flexibility index (Phi) is 10.0. The Morgan fingerprint density at radius 2 is 1.91 bits per heavy atom. The molecule has 8 heteroatoms. The van der Waals surface area contributed by atoms with Crippen LogP contribution >= 0.6 is 0 Å². The van der Waals surface area contributed by atoms with Crippen molar-refractivity contribution in [1.29, 1.82) is 0 Å². The van der Waals surface area contributed by atoms with E-state index in [2.05, 4.69) is 10.8 Å². The van der Waals surface area contributed by atoms with Crippen molar-refractivity contribution in [2.45, 2.75) is 6.61 Å². The fourth-order valence-electron chi connectivity index (χ4n) is 1.10. The van der Waals surface area contributed by atoms with E-state index in [1.807, 2.05) is 19.0 Å². The Morgan fingerprint density at radius 1 is 1.32 bits per heavy atom. The number of rotatable bonds is 7. The lowest BCUT2D eigenvalue weighted by Crippen LogP contribution is -2.19. The van der Waals surface area contributed by atoms with Crippen molar-refractivity contribution >= 4 is 16.4 Å². The van der Waals surface area contributed by atoms with Gasteiger partial charge in [0.25, 0.3) is 0 Å². The standard InChI is InChI=1S/C7H13NO2.C7H8O4S/c1-4-7(9)10-6-5-8(2)3;8-12(9,10)11-6-7-4-2-1-3-5-7/h4H,1,5-6H2,2-3H3;1-5H,6H2,(H,8,9,10). The minimum absolute atomic E-state index is 0.139. The fourth-order valence-corrected chi connectivity index (χ4v) is 1.39. The molecule has 0 aliphatic heterocycles. The van der Waals surface area contributed by atoms with Gasteiger partial charge >= 0.3 is 16.4 Å². The van der Waals surface area contributed by atoms with Gasteiger partial charge in [0.05, 0.1) is 6.61 Å². The molecule has 0 aromatic heterocycles. The highest BCUT2D eigenvalue weighted by Gasteiger charge is 2.03. The van der Waals surface area contributed by atoms with Crippen LogP contribution in [0.2, 0.25) is 0 Å². The third-order valence-corrected chi connectivity index (χ3v) is 2.58. The quantitative estimate of drug-likeness (QED) is 0.457. The second kappa shape index (κ2) is 10.9. The number of carbonyl (C=O) groups excluding carboxylic acids is 1. The molecule has 0 aliphatic rings. The lowest BCUT2D eigenvalue weighted by atomic mass is 10.2. The van der Waals surface area contributed by atoms with Crippen LogP contribution in [0.15, 0.2) is 43.0 Å². The Balaban J connectivity index is 0.000000409. The Morgan fingerprint density at radius 3 is 2.36 bits per heavy atom. The van der Waals surface area contributed by atoms with Crippen LogP contribution in [0.3, 0.4) is 0 Å². The Labute approximate surface area is 131 Å². The molecule has 0 fully saturated rings. The van der Waals surface area contributed by atoms with Gasteiger partial charge in [0.15, 0.2) is 0 Å². The molecule has 0 atom stereocenters. The van der Waals surface area contributed by atoms with Gasteiger partial charge < -0.3 is 9.64 Å². The van der Waals surface area contributed by atoms with E-state index in [-0.39, 0.29) is 12.6 Å². The second-order valence-electron chi connectivity index (χ2n) is 4.35. The molecule has 0 aliphatic carbocycles. The first kappa shape index (κ1) is 20.3. The van der Waals surface area contributed by atoms with Crippen LogP contribution in [0.5, 0.6) is 0 Å². The molecule has 0 spiro atoms. The summed E-state index contributed by atoms with van der Waals surface area (Å²) in [5, 5.41) is 0. The van der Waals surface area contributed by atoms with Gasteiger partial charge in [-0.05, 0) is 19.7 Å². The van der Waals surface area contributed by atoms with E-state index in [0.29, 0.717) is 12.2 Å². The van der Waals surface area contributed by atoms with Gasteiger partial charge in [0.2, 0.25) is 0 Å². The molecule has 22 heavy (non-hydrogen) atoms. The number of hydrogen-bond donors (Lipinski definition) is 1. The molecule has 1 N–H and O–H groups in total. The zero-order valence-corrected chi connectivity index (χ0v) is 13.5. The summed E-state index contributed by atoms with van der Waals surface area (Å²) in [5.41, 5.74) is 0.690. The average Bonchev–Trinajstić information content (AvgIpc) is 2.45. The molecule has 0 saturated carbocycles. The van der Waals surface area contributed by atoms with Gasteiger partial charge in [-0.25, -0.2) is 8.98 Å². The Bertz CT molecular complexity index is 542. The maximum Gasteiger partial charge on any atom is 0.397 e. The summed E-state index contributed by atoms with van der Waals surface area (Å²) in [7, 11) is -0.486. The van der Waals surface area contributed by atoms with E-state index < -0.39 is 10.4 Å². The third kappa shape index (κ3) is 13.3. The van der Waals surface area contributed by atoms with Crippen molar-refractivity contribution < 1.29 is 26.7 Å². The summed E-state index contributed by atoms with van der Waals surface area (Å²) in [6.45, 7) is 4.31. The predicted octanol–water partition coefficient (Wildman–Crippen LogP) is 1.28. The fraction of sp³-hybridized carbons (Fsp3) is 0.357. The predicted molar refractivity (Wildman–Crippen MR) is 82.5 cm³/mol. The van der Waals surface area contributed by atoms with Crippen molar-refractivity contribution in [3.63, 3.8) is 0 Å². The monoisotopic (exact) mass is 331 g/mol. The summed E-state index contributed by atoms with van der Waals surface area (Å²) in [4.78, 5) is 12.4. The van der Waals surface area contributed by atoms with Crippen molar-refractivity contribution in [1.82, 2.24) is 4.90 Å². The minimum atomic E-state index is -4.32. The van der Waals surface area contributed by atoms with E-state index in [4.69, 9.17) is 9.29 Å². The molecule has 0 saturated heterocycles. The number of ether oxygens (including phenoxy) is 1. The molecule has 0 radical (unpaired) electrons. The molecule has 1 rings (SSSR count). The van der Waals surface area contributed by atoms with Gasteiger partial charge in [-0.3, -0.25) is 4.55 Å². The van der Waals surface area contributed by atoms with Gasteiger partial charge in [0, 0.05) is 12.6 Å². The molecule has 0 bridgehead atoms. The molecule has 0 unspecified atom stereocenters. The van der Waals surface area contributed by atoms with Crippen LogP contribution < -0.4 is 0 Å². The molecular formula is C14H21NO6S. The summed E-state index contributed by atoms with van der Waals surface area (Å²) < 4.78 is 37.4. The minimum Gasteiger partial charge on any atom is -0.461 e. The van der Waals surface area contributed by atoms with Crippen LogP contribution in [0, 0.1) is 0 Å².